The summed E-state index contributed by atoms with van der Waals surface area (Å²) in [6.07, 6.45) is 11.1. The third kappa shape index (κ3) is 4.44. The topological polar surface area (TPSA) is 18.5 Å². The van der Waals surface area contributed by atoms with E-state index in [0.717, 1.165) is 24.3 Å². The van der Waals surface area contributed by atoms with Crippen LogP contribution in [0.15, 0.2) is 42.5 Å². The van der Waals surface area contributed by atoms with Crippen LogP contribution in [0.4, 0.5) is 0 Å². The molecule has 0 aliphatic carbocycles. The number of fused-ring (bicyclic) bond motifs is 1. The van der Waals surface area contributed by atoms with Gasteiger partial charge in [0, 0.05) is 0 Å². The smallest absolute Gasteiger partial charge is 0.231 e. The number of hydrogen-bond acceptors (Lipinski definition) is 2. The zero-order valence-corrected chi connectivity index (χ0v) is 12.6. The average molecular weight is 272 g/mol. The van der Waals surface area contributed by atoms with Gasteiger partial charge in [-0.25, -0.2) is 0 Å². The first kappa shape index (κ1) is 14.7. The molecule has 0 aromatic heterocycles. The number of rotatable bonds is 6. The van der Waals surface area contributed by atoms with E-state index >= 15 is 0 Å². The molecule has 1 atom stereocenters. The minimum atomic E-state index is 0.341. The molecule has 1 aliphatic rings. The van der Waals surface area contributed by atoms with Crippen molar-refractivity contribution in [2.75, 3.05) is 6.79 Å². The van der Waals surface area contributed by atoms with E-state index in [4.69, 9.17) is 9.47 Å². The number of benzene rings is 1. The lowest BCUT2D eigenvalue weighted by Crippen LogP contribution is -1.92. The Morgan fingerprint density at radius 1 is 1.05 bits per heavy atom. The Kier molecular flexibility index (Phi) is 5.28. The van der Waals surface area contributed by atoms with Crippen molar-refractivity contribution < 1.29 is 9.47 Å². The molecule has 0 bridgehead atoms. The molecular formula is C18H24O2. The van der Waals surface area contributed by atoms with Gasteiger partial charge in [0.05, 0.1) is 0 Å². The van der Waals surface area contributed by atoms with E-state index in [2.05, 4.69) is 57.2 Å². The quantitative estimate of drug-likeness (QED) is 0.696. The monoisotopic (exact) mass is 272 g/mol. The molecule has 0 spiro atoms. The highest BCUT2D eigenvalue weighted by Gasteiger charge is 2.12. The van der Waals surface area contributed by atoms with E-state index < -0.39 is 0 Å². The maximum Gasteiger partial charge on any atom is 0.231 e. The van der Waals surface area contributed by atoms with Gasteiger partial charge in [0.2, 0.25) is 6.79 Å². The Bertz CT molecular complexity index is 486. The molecule has 1 aliphatic heterocycles. The Hall–Kier alpha value is -1.70. The van der Waals surface area contributed by atoms with Crippen LogP contribution in [-0.2, 0) is 6.42 Å². The summed E-state index contributed by atoms with van der Waals surface area (Å²) in [5.74, 6) is 2.94. The molecule has 1 heterocycles. The van der Waals surface area contributed by atoms with Crippen molar-refractivity contribution in [2.24, 2.45) is 11.8 Å². The average Bonchev–Trinajstić information content (AvgIpc) is 2.85. The fraction of sp³-hybridized carbons (Fsp3) is 0.444. The lowest BCUT2D eigenvalue weighted by molar-refractivity contribution is 0.174. The molecule has 0 amide bonds. The minimum absolute atomic E-state index is 0.341. The Labute approximate surface area is 122 Å². The molecule has 0 fully saturated rings. The second kappa shape index (κ2) is 7.18. The summed E-state index contributed by atoms with van der Waals surface area (Å²) in [6.45, 7) is 7.00. The second-order valence-electron chi connectivity index (χ2n) is 5.71. The maximum atomic E-state index is 5.39. The lowest BCUT2D eigenvalue weighted by atomic mass is 10.0. The first-order valence-corrected chi connectivity index (χ1v) is 7.37. The molecule has 108 valence electrons. The van der Waals surface area contributed by atoms with Crippen LogP contribution in [0.3, 0.4) is 0 Å². The molecule has 2 rings (SSSR count). The van der Waals surface area contributed by atoms with Crippen molar-refractivity contribution in [2.45, 2.75) is 33.6 Å². The summed E-state index contributed by atoms with van der Waals surface area (Å²) < 4.78 is 10.7. The standard InChI is InChI=1S/C18H24O2/c1-14(2)6-4-7-15(3)8-5-9-16-10-11-17-18(12-16)20-13-19-17/h4-6,8,10-12,14-15H,7,9,13H2,1-3H3. The van der Waals surface area contributed by atoms with Gasteiger partial charge < -0.3 is 9.47 Å². The van der Waals surface area contributed by atoms with Crippen molar-refractivity contribution >= 4 is 0 Å². The highest BCUT2D eigenvalue weighted by molar-refractivity contribution is 5.44. The van der Waals surface area contributed by atoms with Crippen molar-refractivity contribution in [3.8, 4) is 11.5 Å². The zero-order valence-electron chi connectivity index (χ0n) is 12.6. The summed E-state index contributed by atoms with van der Waals surface area (Å²) in [5, 5.41) is 0. The third-order valence-electron chi connectivity index (χ3n) is 3.28. The molecule has 20 heavy (non-hydrogen) atoms. The Morgan fingerprint density at radius 3 is 2.65 bits per heavy atom. The van der Waals surface area contributed by atoms with E-state index in [1.165, 1.54) is 5.56 Å². The summed E-state index contributed by atoms with van der Waals surface area (Å²) in [7, 11) is 0. The number of allylic oxidation sites excluding steroid dienone is 4. The van der Waals surface area contributed by atoms with Gasteiger partial charge in [-0.3, -0.25) is 0 Å². The first-order chi connectivity index (χ1) is 9.65. The van der Waals surface area contributed by atoms with Gasteiger partial charge in [-0.15, -0.1) is 0 Å². The fourth-order valence-electron chi connectivity index (χ4n) is 2.15. The molecule has 0 N–H and O–H groups in total. The molecule has 2 heteroatoms. The zero-order chi connectivity index (χ0) is 14.4. The van der Waals surface area contributed by atoms with Crippen LogP contribution in [0.5, 0.6) is 11.5 Å². The van der Waals surface area contributed by atoms with Gasteiger partial charge in [0.1, 0.15) is 0 Å². The van der Waals surface area contributed by atoms with E-state index in [-0.39, 0.29) is 0 Å². The van der Waals surface area contributed by atoms with Crippen molar-refractivity contribution in [3.63, 3.8) is 0 Å². The van der Waals surface area contributed by atoms with Crippen LogP contribution in [0.1, 0.15) is 32.8 Å². The number of ether oxygens (including phenoxy) is 2. The summed E-state index contributed by atoms with van der Waals surface area (Å²) in [5.41, 5.74) is 1.26. The molecule has 0 radical (unpaired) electrons. The minimum Gasteiger partial charge on any atom is -0.454 e. The van der Waals surface area contributed by atoms with Gasteiger partial charge >= 0.3 is 0 Å². The third-order valence-corrected chi connectivity index (χ3v) is 3.28. The molecular weight excluding hydrogens is 248 g/mol. The van der Waals surface area contributed by atoms with Gasteiger partial charge in [-0.1, -0.05) is 51.1 Å². The van der Waals surface area contributed by atoms with Crippen LogP contribution in [-0.4, -0.2) is 6.79 Å². The number of hydrogen-bond donors (Lipinski definition) is 0. The lowest BCUT2D eigenvalue weighted by Gasteiger charge is -2.03. The van der Waals surface area contributed by atoms with E-state index in [1.54, 1.807) is 0 Å². The van der Waals surface area contributed by atoms with Crippen LogP contribution >= 0.6 is 0 Å². The first-order valence-electron chi connectivity index (χ1n) is 7.37. The summed E-state index contributed by atoms with van der Waals surface area (Å²) >= 11 is 0. The summed E-state index contributed by atoms with van der Waals surface area (Å²) in [6, 6.07) is 6.15. The molecule has 1 unspecified atom stereocenters. The Morgan fingerprint density at radius 2 is 1.85 bits per heavy atom. The Balaban J connectivity index is 1.81. The predicted octanol–water partition coefficient (Wildman–Crippen LogP) is 4.75. The van der Waals surface area contributed by atoms with Crippen LogP contribution in [0.2, 0.25) is 0 Å². The molecule has 0 saturated heterocycles. The predicted molar refractivity (Wildman–Crippen MR) is 83.2 cm³/mol. The van der Waals surface area contributed by atoms with Crippen LogP contribution < -0.4 is 9.47 Å². The van der Waals surface area contributed by atoms with Gasteiger partial charge in [-0.05, 0) is 42.4 Å². The highest BCUT2D eigenvalue weighted by atomic mass is 16.7. The normalized spacial score (nSPS) is 15.6. The highest BCUT2D eigenvalue weighted by Crippen LogP contribution is 2.32. The van der Waals surface area contributed by atoms with E-state index in [9.17, 15) is 0 Å². The van der Waals surface area contributed by atoms with Crippen molar-refractivity contribution in [3.05, 3.63) is 48.1 Å². The second-order valence-corrected chi connectivity index (χ2v) is 5.71. The van der Waals surface area contributed by atoms with E-state index in [1.807, 2.05) is 6.07 Å². The molecule has 2 nitrogen and oxygen atoms in total. The maximum absolute atomic E-state index is 5.39. The SMILES string of the molecule is CC(C)C=CCC(C)C=CCc1ccc2c(c1)OCO2. The van der Waals surface area contributed by atoms with Gasteiger partial charge in [-0.2, -0.15) is 0 Å². The molecule has 1 aromatic carbocycles. The van der Waals surface area contributed by atoms with Crippen LogP contribution in [0, 0.1) is 11.8 Å². The van der Waals surface area contributed by atoms with Crippen molar-refractivity contribution in [1.29, 1.82) is 0 Å². The molecule has 0 saturated carbocycles. The van der Waals surface area contributed by atoms with Crippen LogP contribution in [0.25, 0.3) is 0 Å². The molecule has 1 aromatic rings. The van der Waals surface area contributed by atoms with Crippen molar-refractivity contribution in [1.82, 2.24) is 0 Å². The largest absolute Gasteiger partial charge is 0.454 e. The van der Waals surface area contributed by atoms with Gasteiger partial charge in [0.25, 0.3) is 0 Å². The summed E-state index contributed by atoms with van der Waals surface area (Å²) in [4.78, 5) is 0. The van der Waals surface area contributed by atoms with Gasteiger partial charge in [0.15, 0.2) is 11.5 Å². The van der Waals surface area contributed by atoms with E-state index in [0.29, 0.717) is 18.6 Å². The fourth-order valence-corrected chi connectivity index (χ4v) is 2.15.